The van der Waals surface area contributed by atoms with Gasteiger partial charge in [0.2, 0.25) is 0 Å². The summed E-state index contributed by atoms with van der Waals surface area (Å²) in [5.41, 5.74) is 2.75. The van der Waals surface area contributed by atoms with Crippen LogP contribution in [0, 0.1) is 12.8 Å². The Morgan fingerprint density at radius 2 is 2.00 bits per heavy atom. The summed E-state index contributed by atoms with van der Waals surface area (Å²) in [6.07, 6.45) is 4.11. The Hall–Kier alpha value is -0.820. The van der Waals surface area contributed by atoms with Crippen LogP contribution in [0.25, 0.3) is 0 Å². The van der Waals surface area contributed by atoms with Crippen LogP contribution < -0.4 is 5.32 Å². The van der Waals surface area contributed by atoms with Gasteiger partial charge in [0.15, 0.2) is 0 Å². The van der Waals surface area contributed by atoms with E-state index in [9.17, 15) is 0 Å². The monoisotopic (exact) mass is 203 g/mol. The molecule has 2 unspecified atom stereocenters. The SMILES string of the molecule is CCCC1CC1NCc1ccc(C)cc1. The Balaban J connectivity index is 1.73. The fourth-order valence-electron chi connectivity index (χ4n) is 2.14. The highest BCUT2D eigenvalue weighted by Crippen LogP contribution is 2.34. The highest BCUT2D eigenvalue weighted by Gasteiger charge is 2.35. The molecule has 1 N–H and O–H groups in total. The van der Waals surface area contributed by atoms with E-state index in [1.54, 1.807) is 0 Å². The van der Waals surface area contributed by atoms with E-state index in [0.29, 0.717) is 0 Å². The van der Waals surface area contributed by atoms with Crippen LogP contribution in [0.15, 0.2) is 24.3 Å². The fourth-order valence-corrected chi connectivity index (χ4v) is 2.14. The van der Waals surface area contributed by atoms with Gasteiger partial charge in [0.1, 0.15) is 0 Å². The number of nitrogens with one attached hydrogen (secondary N) is 1. The topological polar surface area (TPSA) is 12.0 Å². The Bertz CT molecular complexity index is 302. The van der Waals surface area contributed by atoms with E-state index < -0.39 is 0 Å². The number of benzene rings is 1. The first kappa shape index (κ1) is 10.7. The summed E-state index contributed by atoms with van der Waals surface area (Å²) in [5.74, 6) is 0.959. The normalized spacial score (nSPS) is 24.1. The first-order chi connectivity index (χ1) is 7.29. The minimum Gasteiger partial charge on any atom is -0.310 e. The maximum Gasteiger partial charge on any atom is 0.0208 e. The van der Waals surface area contributed by atoms with Crippen LogP contribution in [0.1, 0.15) is 37.3 Å². The lowest BCUT2D eigenvalue weighted by Gasteiger charge is -2.04. The van der Waals surface area contributed by atoms with E-state index in [-0.39, 0.29) is 0 Å². The molecule has 1 aliphatic carbocycles. The summed E-state index contributed by atoms with van der Waals surface area (Å²) in [6.45, 7) is 5.44. The molecule has 1 fully saturated rings. The maximum atomic E-state index is 3.63. The molecule has 0 bridgehead atoms. The van der Waals surface area contributed by atoms with E-state index >= 15 is 0 Å². The van der Waals surface area contributed by atoms with Crippen molar-refractivity contribution < 1.29 is 0 Å². The van der Waals surface area contributed by atoms with Gasteiger partial charge in [0.25, 0.3) is 0 Å². The largest absolute Gasteiger partial charge is 0.310 e. The zero-order valence-electron chi connectivity index (χ0n) is 9.79. The van der Waals surface area contributed by atoms with Gasteiger partial charge in [-0.05, 0) is 31.2 Å². The van der Waals surface area contributed by atoms with Crippen molar-refractivity contribution in [1.29, 1.82) is 0 Å². The van der Waals surface area contributed by atoms with Crippen LogP contribution in [0.2, 0.25) is 0 Å². The molecule has 2 atom stereocenters. The molecule has 0 aromatic heterocycles. The summed E-state index contributed by atoms with van der Waals surface area (Å²) >= 11 is 0. The third-order valence-corrected chi connectivity index (χ3v) is 3.27. The molecule has 15 heavy (non-hydrogen) atoms. The molecule has 1 aromatic rings. The molecule has 0 aliphatic heterocycles. The smallest absolute Gasteiger partial charge is 0.0208 e. The second-order valence-corrected chi connectivity index (χ2v) is 4.76. The molecule has 1 nitrogen and oxygen atoms in total. The third-order valence-electron chi connectivity index (χ3n) is 3.27. The summed E-state index contributed by atoms with van der Waals surface area (Å²) in [4.78, 5) is 0. The molecule has 0 saturated heterocycles. The average molecular weight is 203 g/mol. The molecule has 1 aromatic carbocycles. The van der Waals surface area contributed by atoms with Crippen LogP contribution in [-0.2, 0) is 6.54 Å². The molecule has 0 amide bonds. The van der Waals surface area contributed by atoms with E-state index in [1.165, 1.54) is 30.4 Å². The minimum absolute atomic E-state index is 0.797. The molecule has 0 radical (unpaired) electrons. The molecular weight excluding hydrogens is 182 g/mol. The van der Waals surface area contributed by atoms with E-state index in [2.05, 4.69) is 43.4 Å². The van der Waals surface area contributed by atoms with Crippen LogP contribution in [-0.4, -0.2) is 6.04 Å². The van der Waals surface area contributed by atoms with Crippen molar-refractivity contribution in [3.8, 4) is 0 Å². The van der Waals surface area contributed by atoms with E-state index in [1.807, 2.05) is 0 Å². The van der Waals surface area contributed by atoms with Crippen molar-refractivity contribution in [2.75, 3.05) is 0 Å². The molecule has 1 heteroatoms. The van der Waals surface area contributed by atoms with Gasteiger partial charge in [-0.1, -0.05) is 43.2 Å². The van der Waals surface area contributed by atoms with Crippen molar-refractivity contribution in [1.82, 2.24) is 5.32 Å². The fraction of sp³-hybridized carbons (Fsp3) is 0.571. The van der Waals surface area contributed by atoms with Crippen LogP contribution in [0.5, 0.6) is 0 Å². The summed E-state index contributed by atoms with van der Waals surface area (Å²) < 4.78 is 0. The number of hydrogen-bond donors (Lipinski definition) is 1. The van der Waals surface area contributed by atoms with Gasteiger partial charge in [-0.25, -0.2) is 0 Å². The minimum atomic E-state index is 0.797. The van der Waals surface area contributed by atoms with Gasteiger partial charge < -0.3 is 5.32 Å². The first-order valence-corrected chi connectivity index (χ1v) is 6.08. The maximum absolute atomic E-state index is 3.63. The molecule has 82 valence electrons. The zero-order chi connectivity index (χ0) is 10.7. The molecule has 1 aliphatic rings. The second kappa shape index (κ2) is 4.80. The Labute approximate surface area is 92.9 Å². The molecule has 1 saturated carbocycles. The zero-order valence-corrected chi connectivity index (χ0v) is 9.79. The third kappa shape index (κ3) is 3.07. The van der Waals surface area contributed by atoms with Gasteiger partial charge in [-0.2, -0.15) is 0 Å². The lowest BCUT2D eigenvalue weighted by atomic mass is 10.1. The van der Waals surface area contributed by atoms with Crippen LogP contribution in [0.4, 0.5) is 0 Å². The highest BCUT2D eigenvalue weighted by molar-refractivity contribution is 5.21. The molecular formula is C14H21N. The van der Waals surface area contributed by atoms with Crippen molar-refractivity contribution >= 4 is 0 Å². The van der Waals surface area contributed by atoms with Crippen LogP contribution >= 0.6 is 0 Å². The molecule has 2 rings (SSSR count). The van der Waals surface area contributed by atoms with Gasteiger partial charge >= 0.3 is 0 Å². The van der Waals surface area contributed by atoms with E-state index in [0.717, 1.165) is 18.5 Å². The predicted molar refractivity (Wildman–Crippen MR) is 64.8 cm³/mol. The quantitative estimate of drug-likeness (QED) is 0.774. The predicted octanol–water partition coefficient (Wildman–Crippen LogP) is 3.27. The van der Waals surface area contributed by atoms with Gasteiger partial charge in [0, 0.05) is 12.6 Å². The second-order valence-electron chi connectivity index (χ2n) is 4.76. The van der Waals surface area contributed by atoms with Gasteiger partial charge in [0.05, 0.1) is 0 Å². The number of hydrogen-bond acceptors (Lipinski definition) is 1. The van der Waals surface area contributed by atoms with Crippen molar-refractivity contribution in [2.24, 2.45) is 5.92 Å². The van der Waals surface area contributed by atoms with Crippen LogP contribution in [0.3, 0.4) is 0 Å². The Morgan fingerprint density at radius 3 is 2.67 bits per heavy atom. The summed E-state index contributed by atoms with van der Waals surface area (Å²) in [6, 6.07) is 9.62. The number of rotatable bonds is 5. The van der Waals surface area contributed by atoms with Crippen molar-refractivity contribution in [3.63, 3.8) is 0 Å². The lowest BCUT2D eigenvalue weighted by molar-refractivity contribution is 0.599. The molecule has 0 heterocycles. The Morgan fingerprint density at radius 1 is 1.27 bits per heavy atom. The average Bonchev–Trinajstić information content (AvgIpc) is 2.97. The van der Waals surface area contributed by atoms with Crippen molar-refractivity contribution in [3.05, 3.63) is 35.4 Å². The van der Waals surface area contributed by atoms with E-state index in [4.69, 9.17) is 0 Å². The first-order valence-electron chi connectivity index (χ1n) is 6.08. The number of aryl methyl sites for hydroxylation is 1. The van der Waals surface area contributed by atoms with Gasteiger partial charge in [-0.15, -0.1) is 0 Å². The molecule has 0 spiro atoms. The highest BCUT2D eigenvalue weighted by atomic mass is 15.0. The summed E-state index contributed by atoms with van der Waals surface area (Å²) in [5, 5.41) is 3.63. The van der Waals surface area contributed by atoms with Crippen molar-refractivity contribution in [2.45, 2.75) is 45.7 Å². The summed E-state index contributed by atoms with van der Waals surface area (Å²) in [7, 11) is 0. The van der Waals surface area contributed by atoms with Gasteiger partial charge in [-0.3, -0.25) is 0 Å². The standard InChI is InChI=1S/C14H21N/c1-3-4-13-9-14(13)15-10-12-7-5-11(2)6-8-12/h5-8,13-15H,3-4,9-10H2,1-2H3. The lowest BCUT2D eigenvalue weighted by Crippen LogP contribution is -2.17. The Kier molecular flexibility index (Phi) is 3.42.